The minimum Gasteiger partial charge on any atom is -0.368 e. The first-order valence-electron chi connectivity index (χ1n) is 4.65. The Bertz CT molecular complexity index is 303. The van der Waals surface area contributed by atoms with Gasteiger partial charge in [0.1, 0.15) is 6.04 Å². The van der Waals surface area contributed by atoms with E-state index in [0.717, 1.165) is 5.56 Å². The molecule has 15 heavy (non-hydrogen) atoms. The van der Waals surface area contributed by atoms with E-state index in [1.165, 1.54) is 0 Å². The van der Waals surface area contributed by atoms with Gasteiger partial charge in [-0.3, -0.25) is 4.79 Å². The van der Waals surface area contributed by atoms with Crippen LogP contribution in [0.2, 0.25) is 0 Å². The number of nitrogens with one attached hydrogen (secondary N) is 2. The molecule has 4 N–H and O–H groups in total. The molecule has 5 heteroatoms. The normalized spacial score (nSPS) is 12.3. The molecule has 1 rings (SSSR count). The number of rotatable bonds is 6. The van der Waals surface area contributed by atoms with Crippen molar-refractivity contribution in [3.8, 4) is 0 Å². The van der Waals surface area contributed by atoms with Crippen molar-refractivity contribution in [3.63, 3.8) is 0 Å². The number of hydrogen-bond acceptors (Lipinski definition) is 4. The van der Waals surface area contributed by atoms with E-state index in [9.17, 15) is 4.79 Å². The van der Waals surface area contributed by atoms with Crippen LogP contribution in [0.15, 0.2) is 30.3 Å². The third kappa shape index (κ3) is 4.07. The maximum Gasteiger partial charge on any atom is 0.237 e. The lowest BCUT2D eigenvalue weighted by Crippen LogP contribution is -2.44. The van der Waals surface area contributed by atoms with Crippen LogP contribution in [-0.2, 0) is 16.2 Å². The molecule has 0 saturated heterocycles. The van der Waals surface area contributed by atoms with Gasteiger partial charge in [-0.05, 0) is 12.0 Å². The van der Waals surface area contributed by atoms with Gasteiger partial charge in [0.25, 0.3) is 0 Å². The second-order valence-corrected chi connectivity index (χ2v) is 3.07. The van der Waals surface area contributed by atoms with Gasteiger partial charge in [0.2, 0.25) is 5.91 Å². The lowest BCUT2D eigenvalue weighted by molar-refractivity contribution is -0.127. The third-order valence-corrected chi connectivity index (χ3v) is 1.93. The maximum atomic E-state index is 11.1. The summed E-state index contributed by atoms with van der Waals surface area (Å²) in [7, 11) is 1.59. The van der Waals surface area contributed by atoms with Gasteiger partial charge in [-0.15, -0.1) is 0 Å². The molecule has 0 unspecified atom stereocenters. The molecule has 1 atom stereocenters. The summed E-state index contributed by atoms with van der Waals surface area (Å²) < 4.78 is 0. The Labute approximate surface area is 88.5 Å². The highest BCUT2D eigenvalue weighted by molar-refractivity contribution is 5.80. The molecule has 82 valence electrons. The first-order valence-corrected chi connectivity index (χ1v) is 4.65. The van der Waals surface area contributed by atoms with Crippen molar-refractivity contribution in [1.29, 1.82) is 0 Å². The summed E-state index contributed by atoms with van der Waals surface area (Å²) in [4.78, 5) is 15.8. The lowest BCUT2D eigenvalue weighted by Gasteiger charge is -2.13. The van der Waals surface area contributed by atoms with E-state index in [-0.39, 0.29) is 0 Å². The van der Waals surface area contributed by atoms with E-state index in [2.05, 4.69) is 11.0 Å². The van der Waals surface area contributed by atoms with Gasteiger partial charge in [0, 0.05) is 7.05 Å². The van der Waals surface area contributed by atoms with Crippen LogP contribution in [0.25, 0.3) is 0 Å². The molecule has 0 spiro atoms. The molecular formula is C10H15N3O2. The van der Waals surface area contributed by atoms with Crippen molar-refractivity contribution >= 4 is 5.91 Å². The minimum absolute atomic E-state index is 0.450. The molecule has 0 fully saturated rings. The monoisotopic (exact) mass is 209 g/mol. The van der Waals surface area contributed by atoms with E-state index < -0.39 is 11.9 Å². The van der Waals surface area contributed by atoms with Crippen molar-refractivity contribution in [1.82, 2.24) is 11.0 Å². The molecule has 1 amide bonds. The molecule has 0 saturated carbocycles. The molecule has 1 aromatic carbocycles. The third-order valence-electron chi connectivity index (χ3n) is 1.93. The molecule has 5 nitrogen and oxygen atoms in total. The average Bonchev–Trinajstić information content (AvgIpc) is 2.25. The highest BCUT2D eigenvalue weighted by atomic mass is 16.8. The van der Waals surface area contributed by atoms with Crippen molar-refractivity contribution in [2.45, 2.75) is 12.5 Å². The number of benzene rings is 1. The molecule has 0 radical (unpaired) electrons. The fourth-order valence-electron chi connectivity index (χ4n) is 1.18. The number of amides is 1. The van der Waals surface area contributed by atoms with Crippen molar-refractivity contribution in [3.05, 3.63) is 35.9 Å². The Balaban J connectivity index is 2.55. The first-order chi connectivity index (χ1) is 7.24. The molecular weight excluding hydrogens is 194 g/mol. The summed E-state index contributed by atoms with van der Waals surface area (Å²) in [6.45, 7) is 0. The van der Waals surface area contributed by atoms with Gasteiger partial charge in [-0.2, -0.15) is 11.0 Å². The number of hydroxylamine groups is 2. The van der Waals surface area contributed by atoms with Crippen LogP contribution in [0.4, 0.5) is 0 Å². The van der Waals surface area contributed by atoms with E-state index in [1.54, 1.807) is 7.05 Å². The predicted octanol–water partition coefficient (Wildman–Crippen LogP) is -0.261. The van der Waals surface area contributed by atoms with Crippen LogP contribution in [0, 0.1) is 0 Å². The SMILES string of the molecule is CNON[C@@H](Cc1ccccc1)C(N)=O. The molecule has 1 aromatic rings. The fraction of sp³-hybridized carbons (Fsp3) is 0.300. The highest BCUT2D eigenvalue weighted by Gasteiger charge is 2.15. The van der Waals surface area contributed by atoms with Gasteiger partial charge >= 0.3 is 0 Å². The van der Waals surface area contributed by atoms with Crippen LogP contribution in [0.5, 0.6) is 0 Å². The summed E-state index contributed by atoms with van der Waals surface area (Å²) in [5.41, 5.74) is 11.2. The average molecular weight is 209 g/mol. The van der Waals surface area contributed by atoms with Crippen molar-refractivity contribution in [2.75, 3.05) is 7.05 Å². The standard InChI is InChI=1S/C10H15N3O2/c1-12-15-13-9(10(11)14)7-8-5-3-2-4-6-8/h2-6,9,12-13H,7H2,1H3,(H2,11,14)/t9-/m0/s1. The summed E-state index contributed by atoms with van der Waals surface area (Å²) in [6, 6.07) is 9.05. The zero-order chi connectivity index (χ0) is 11.1. The number of hydrogen-bond donors (Lipinski definition) is 3. The first kappa shape index (κ1) is 11.6. The fourth-order valence-corrected chi connectivity index (χ4v) is 1.18. The summed E-state index contributed by atoms with van der Waals surface area (Å²) in [6.07, 6.45) is 0.498. The molecule has 0 aliphatic rings. The van der Waals surface area contributed by atoms with E-state index in [1.807, 2.05) is 30.3 Å². The summed E-state index contributed by atoms with van der Waals surface area (Å²) >= 11 is 0. The molecule has 0 aliphatic carbocycles. The van der Waals surface area contributed by atoms with Crippen LogP contribution in [0.3, 0.4) is 0 Å². The summed E-state index contributed by atoms with van der Waals surface area (Å²) in [5.74, 6) is -0.450. The number of carbonyl (C=O) groups excluding carboxylic acids is 1. The van der Waals surface area contributed by atoms with E-state index in [0.29, 0.717) is 6.42 Å². The zero-order valence-corrected chi connectivity index (χ0v) is 8.57. The Morgan fingerprint density at radius 3 is 2.67 bits per heavy atom. The number of primary amides is 1. The Hall–Kier alpha value is -1.43. The molecule has 0 aromatic heterocycles. The Kier molecular flexibility index (Phi) is 4.76. The minimum atomic E-state index is -0.542. The van der Waals surface area contributed by atoms with E-state index >= 15 is 0 Å². The van der Waals surface area contributed by atoms with Crippen molar-refractivity contribution in [2.24, 2.45) is 5.73 Å². The summed E-state index contributed by atoms with van der Waals surface area (Å²) in [5, 5.41) is 0. The predicted molar refractivity (Wildman–Crippen MR) is 56.4 cm³/mol. The smallest absolute Gasteiger partial charge is 0.237 e. The second-order valence-electron chi connectivity index (χ2n) is 3.07. The molecule has 0 bridgehead atoms. The Morgan fingerprint density at radius 1 is 1.47 bits per heavy atom. The molecule has 0 heterocycles. The lowest BCUT2D eigenvalue weighted by atomic mass is 10.1. The maximum absolute atomic E-state index is 11.1. The number of carbonyl (C=O) groups is 1. The Morgan fingerprint density at radius 2 is 2.13 bits per heavy atom. The number of nitrogens with two attached hydrogens (primary N) is 1. The second kappa shape index (κ2) is 6.13. The van der Waals surface area contributed by atoms with Gasteiger partial charge < -0.3 is 5.73 Å². The molecule has 0 aliphatic heterocycles. The van der Waals surface area contributed by atoms with Gasteiger partial charge in [-0.1, -0.05) is 30.3 Å². The van der Waals surface area contributed by atoms with Crippen LogP contribution in [-0.4, -0.2) is 19.0 Å². The topological polar surface area (TPSA) is 76.4 Å². The highest BCUT2D eigenvalue weighted by Crippen LogP contribution is 2.02. The van der Waals surface area contributed by atoms with Crippen molar-refractivity contribution < 1.29 is 9.73 Å². The van der Waals surface area contributed by atoms with E-state index in [4.69, 9.17) is 10.7 Å². The van der Waals surface area contributed by atoms with Gasteiger partial charge in [0.15, 0.2) is 0 Å². The van der Waals surface area contributed by atoms with Crippen LogP contribution >= 0.6 is 0 Å². The largest absolute Gasteiger partial charge is 0.368 e. The zero-order valence-electron chi connectivity index (χ0n) is 8.57. The van der Waals surface area contributed by atoms with Crippen LogP contribution < -0.4 is 16.7 Å². The quantitative estimate of drug-likeness (QED) is 0.564. The van der Waals surface area contributed by atoms with Crippen LogP contribution in [0.1, 0.15) is 5.56 Å². The van der Waals surface area contributed by atoms with Gasteiger partial charge in [0.05, 0.1) is 0 Å². The van der Waals surface area contributed by atoms with Gasteiger partial charge in [-0.25, -0.2) is 4.94 Å².